The SMILES string of the molecule is Cc1cc2cnccc2cc1OC1CCN(Cc2cc[nH]c2)CC1. The van der Waals surface area contributed by atoms with Gasteiger partial charge in [0.2, 0.25) is 0 Å². The average Bonchev–Trinajstić information content (AvgIpc) is 3.10. The van der Waals surface area contributed by atoms with E-state index in [9.17, 15) is 0 Å². The largest absolute Gasteiger partial charge is 0.490 e. The van der Waals surface area contributed by atoms with Crippen LogP contribution in [0, 0.1) is 6.92 Å². The Kier molecular flexibility index (Phi) is 4.22. The molecule has 0 spiro atoms. The van der Waals surface area contributed by atoms with Gasteiger partial charge < -0.3 is 9.72 Å². The second-order valence-electron chi connectivity index (χ2n) is 6.65. The predicted octanol–water partition coefficient (Wildman–Crippen LogP) is 3.91. The zero-order valence-electron chi connectivity index (χ0n) is 14.0. The lowest BCUT2D eigenvalue weighted by Gasteiger charge is -2.32. The number of hydrogen-bond acceptors (Lipinski definition) is 3. The maximum atomic E-state index is 6.32. The summed E-state index contributed by atoms with van der Waals surface area (Å²) in [5, 5.41) is 2.36. The molecule has 1 N–H and O–H groups in total. The van der Waals surface area contributed by atoms with Crippen molar-refractivity contribution >= 4 is 10.8 Å². The summed E-state index contributed by atoms with van der Waals surface area (Å²) in [4.78, 5) is 9.82. The van der Waals surface area contributed by atoms with Gasteiger partial charge in [0, 0.05) is 49.8 Å². The molecular formula is C20H23N3O. The molecular weight excluding hydrogens is 298 g/mol. The number of pyridine rings is 1. The van der Waals surface area contributed by atoms with E-state index in [0.717, 1.165) is 38.2 Å². The number of aromatic nitrogens is 2. The minimum Gasteiger partial charge on any atom is -0.490 e. The zero-order chi connectivity index (χ0) is 16.4. The Morgan fingerprint density at radius 1 is 1.21 bits per heavy atom. The Hall–Kier alpha value is -2.33. The van der Waals surface area contributed by atoms with Crippen LogP contribution in [0.4, 0.5) is 0 Å². The van der Waals surface area contributed by atoms with E-state index in [4.69, 9.17) is 4.74 Å². The topological polar surface area (TPSA) is 41.1 Å². The standard InChI is InChI=1S/C20H23N3O/c1-15-10-18-13-22-7-3-17(18)11-20(15)24-19-4-8-23(9-5-19)14-16-2-6-21-12-16/h2-3,6-7,10-13,19,21H,4-5,8-9,14H2,1H3. The molecule has 24 heavy (non-hydrogen) atoms. The first-order chi connectivity index (χ1) is 11.8. The van der Waals surface area contributed by atoms with E-state index in [2.05, 4.69) is 46.2 Å². The molecule has 1 fully saturated rings. The summed E-state index contributed by atoms with van der Waals surface area (Å²) in [6.45, 7) is 5.32. The first-order valence-electron chi connectivity index (χ1n) is 8.63. The molecule has 1 aromatic carbocycles. The van der Waals surface area contributed by atoms with E-state index in [-0.39, 0.29) is 0 Å². The minimum atomic E-state index is 0.311. The number of H-pyrrole nitrogens is 1. The fourth-order valence-electron chi connectivity index (χ4n) is 3.44. The highest BCUT2D eigenvalue weighted by Gasteiger charge is 2.21. The van der Waals surface area contributed by atoms with Crippen LogP contribution in [0.5, 0.6) is 5.75 Å². The molecule has 4 rings (SSSR count). The molecule has 0 amide bonds. The molecule has 2 aromatic heterocycles. The van der Waals surface area contributed by atoms with Gasteiger partial charge in [-0.15, -0.1) is 0 Å². The Labute approximate surface area is 142 Å². The highest BCUT2D eigenvalue weighted by molar-refractivity contribution is 5.84. The van der Waals surface area contributed by atoms with E-state index in [1.54, 1.807) is 0 Å². The number of likely N-dealkylation sites (tertiary alicyclic amines) is 1. The number of aromatic amines is 1. The van der Waals surface area contributed by atoms with Crippen molar-refractivity contribution in [3.8, 4) is 5.75 Å². The van der Waals surface area contributed by atoms with Crippen LogP contribution in [0.25, 0.3) is 10.8 Å². The number of aryl methyl sites for hydroxylation is 1. The Morgan fingerprint density at radius 3 is 2.88 bits per heavy atom. The van der Waals surface area contributed by atoms with Crippen molar-refractivity contribution in [3.05, 3.63) is 60.2 Å². The molecule has 1 aliphatic rings. The smallest absolute Gasteiger partial charge is 0.123 e. The lowest BCUT2D eigenvalue weighted by atomic mass is 10.1. The Morgan fingerprint density at radius 2 is 2.08 bits per heavy atom. The number of rotatable bonds is 4. The molecule has 0 saturated carbocycles. The maximum absolute atomic E-state index is 6.32. The van der Waals surface area contributed by atoms with E-state index < -0.39 is 0 Å². The highest BCUT2D eigenvalue weighted by atomic mass is 16.5. The molecule has 0 bridgehead atoms. The Bertz CT molecular complexity index is 805. The van der Waals surface area contributed by atoms with Gasteiger partial charge in [-0.2, -0.15) is 0 Å². The fraction of sp³-hybridized carbons (Fsp3) is 0.350. The summed E-state index contributed by atoms with van der Waals surface area (Å²) in [7, 11) is 0. The second-order valence-corrected chi connectivity index (χ2v) is 6.65. The van der Waals surface area contributed by atoms with Crippen LogP contribution in [0.3, 0.4) is 0 Å². The molecule has 0 atom stereocenters. The van der Waals surface area contributed by atoms with Gasteiger partial charge in [-0.05, 0) is 60.5 Å². The molecule has 124 valence electrons. The number of piperidine rings is 1. The number of ether oxygens (including phenoxy) is 1. The van der Waals surface area contributed by atoms with E-state index in [0.29, 0.717) is 6.10 Å². The van der Waals surface area contributed by atoms with Gasteiger partial charge in [0.15, 0.2) is 0 Å². The molecule has 1 saturated heterocycles. The first kappa shape index (κ1) is 15.2. The summed E-state index contributed by atoms with van der Waals surface area (Å²) in [6.07, 6.45) is 10.3. The Balaban J connectivity index is 1.39. The van der Waals surface area contributed by atoms with Crippen LogP contribution in [0.2, 0.25) is 0 Å². The van der Waals surface area contributed by atoms with Gasteiger partial charge in [-0.1, -0.05) is 0 Å². The van der Waals surface area contributed by atoms with Gasteiger partial charge >= 0.3 is 0 Å². The average molecular weight is 321 g/mol. The van der Waals surface area contributed by atoms with Crippen LogP contribution in [-0.4, -0.2) is 34.1 Å². The van der Waals surface area contributed by atoms with E-state index in [1.165, 1.54) is 21.9 Å². The van der Waals surface area contributed by atoms with Crippen LogP contribution in [-0.2, 0) is 6.54 Å². The van der Waals surface area contributed by atoms with Gasteiger partial charge in [-0.3, -0.25) is 9.88 Å². The lowest BCUT2D eigenvalue weighted by molar-refractivity contribution is 0.0964. The summed E-state index contributed by atoms with van der Waals surface area (Å²) >= 11 is 0. The van der Waals surface area contributed by atoms with Crippen molar-refractivity contribution in [2.45, 2.75) is 32.4 Å². The zero-order valence-corrected chi connectivity index (χ0v) is 14.0. The van der Waals surface area contributed by atoms with Gasteiger partial charge in [0.1, 0.15) is 11.9 Å². The van der Waals surface area contributed by atoms with Crippen molar-refractivity contribution in [2.24, 2.45) is 0 Å². The maximum Gasteiger partial charge on any atom is 0.123 e. The summed E-state index contributed by atoms with van der Waals surface area (Å²) in [6, 6.07) is 8.51. The highest BCUT2D eigenvalue weighted by Crippen LogP contribution is 2.27. The molecule has 3 aromatic rings. The fourth-order valence-corrected chi connectivity index (χ4v) is 3.44. The normalized spacial score (nSPS) is 16.5. The number of benzene rings is 1. The van der Waals surface area contributed by atoms with Crippen molar-refractivity contribution in [2.75, 3.05) is 13.1 Å². The molecule has 0 radical (unpaired) electrons. The summed E-state index contributed by atoms with van der Waals surface area (Å²) in [5.74, 6) is 1.01. The minimum absolute atomic E-state index is 0.311. The van der Waals surface area contributed by atoms with Gasteiger partial charge in [-0.25, -0.2) is 0 Å². The van der Waals surface area contributed by atoms with Crippen LogP contribution in [0.1, 0.15) is 24.0 Å². The molecule has 4 heteroatoms. The second kappa shape index (κ2) is 6.65. The van der Waals surface area contributed by atoms with Crippen molar-refractivity contribution in [1.82, 2.24) is 14.9 Å². The van der Waals surface area contributed by atoms with Crippen molar-refractivity contribution in [1.29, 1.82) is 0 Å². The van der Waals surface area contributed by atoms with Crippen LogP contribution >= 0.6 is 0 Å². The van der Waals surface area contributed by atoms with E-state index in [1.807, 2.05) is 24.7 Å². The third-order valence-electron chi connectivity index (χ3n) is 4.83. The van der Waals surface area contributed by atoms with Crippen molar-refractivity contribution in [3.63, 3.8) is 0 Å². The van der Waals surface area contributed by atoms with E-state index >= 15 is 0 Å². The van der Waals surface area contributed by atoms with Crippen molar-refractivity contribution < 1.29 is 4.74 Å². The monoisotopic (exact) mass is 321 g/mol. The lowest BCUT2D eigenvalue weighted by Crippen LogP contribution is -2.37. The summed E-state index contributed by atoms with van der Waals surface area (Å²) in [5.41, 5.74) is 2.54. The molecule has 3 heterocycles. The third-order valence-corrected chi connectivity index (χ3v) is 4.83. The van der Waals surface area contributed by atoms with Gasteiger partial charge in [0.05, 0.1) is 0 Å². The number of nitrogens with zero attached hydrogens (tertiary/aromatic N) is 2. The first-order valence-corrected chi connectivity index (χ1v) is 8.63. The molecule has 0 unspecified atom stereocenters. The van der Waals surface area contributed by atoms with Gasteiger partial charge in [0.25, 0.3) is 0 Å². The number of nitrogens with one attached hydrogen (secondary N) is 1. The van der Waals surface area contributed by atoms with Crippen LogP contribution in [0.15, 0.2) is 49.1 Å². The molecule has 1 aliphatic heterocycles. The third kappa shape index (κ3) is 3.29. The van der Waals surface area contributed by atoms with Crippen LogP contribution < -0.4 is 4.74 Å². The number of fused-ring (bicyclic) bond motifs is 1. The summed E-state index contributed by atoms with van der Waals surface area (Å²) < 4.78 is 6.32. The molecule has 0 aliphatic carbocycles. The number of hydrogen-bond donors (Lipinski definition) is 1. The predicted molar refractivity (Wildman–Crippen MR) is 96.2 cm³/mol. The quantitative estimate of drug-likeness (QED) is 0.792. The molecule has 4 nitrogen and oxygen atoms in total.